The second kappa shape index (κ2) is 7.58. The Bertz CT molecular complexity index is 530. The van der Waals surface area contributed by atoms with Crippen LogP contribution in [0.3, 0.4) is 0 Å². The molecule has 2 unspecified atom stereocenters. The van der Waals surface area contributed by atoms with E-state index in [9.17, 15) is 0 Å². The molecule has 1 saturated heterocycles. The van der Waals surface area contributed by atoms with E-state index in [0.29, 0.717) is 17.4 Å². The van der Waals surface area contributed by atoms with Gasteiger partial charge >= 0.3 is 0 Å². The van der Waals surface area contributed by atoms with Crippen LogP contribution in [-0.2, 0) is 0 Å². The van der Waals surface area contributed by atoms with E-state index in [0.717, 1.165) is 25.6 Å². The molecular formula is C19H33N5. The van der Waals surface area contributed by atoms with E-state index in [-0.39, 0.29) is 0 Å². The van der Waals surface area contributed by atoms with Crippen LogP contribution in [0.2, 0.25) is 0 Å². The fourth-order valence-electron chi connectivity index (χ4n) is 4.47. The summed E-state index contributed by atoms with van der Waals surface area (Å²) >= 11 is 0. The zero-order valence-electron chi connectivity index (χ0n) is 15.5. The van der Waals surface area contributed by atoms with E-state index in [4.69, 9.17) is 0 Å². The Hall–Kier alpha value is -1.52. The molecule has 2 heterocycles. The monoisotopic (exact) mass is 331 g/mol. The zero-order valence-corrected chi connectivity index (χ0v) is 15.5. The van der Waals surface area contributed by atoms with Crippen LogP contribution >= 0.6 is 0 Å². The van der Waals surface area contributed by atoms with Gasteiger partial charge in [-0.1, -0.05) is 26.7 Å². The van der Waals surface area contributed by atoms with Crippen molar-refractivity contribution in [1.82, 2.24) is 19.8 Å². The van der Waals surface area contributed by atoms with Crippen LogP contribution in [0.25, 0.3) is 0 Å². The van der Waals surface area contributed by atoms with Crippen molar-refractivity contribution in [3.63, 3.8) is 0 Å². The molecule has 3 rings (SSSR count). The van der Waals surface area contributed by atoms with Gasteiger partial charge in [0.15, 0.2) is 5.96 Å². The van der Waals surface area contributed by atoms with E-state index in [2.05, 4.69) is 44.8 Å². The van der Waals surface area contributed by atoms with Gasteiger partial charge < -0.3 is 14.8 Å². The second-order valence-electron chi connectivity index (χ2n) is 7.75. The molecule has 1 N–H and O–H groups in total. The summed E-state index contributed by atoms with van der Waals surface area (Å²) in [6, 6.07) is 0.478. The molecule has 0 bridgehead atoms. The largest absolute Gasteiger partial charge is 0.356 e. The number of piperidine rings is 1. The topological polar surface area (TPSA) is 45.5 Å². The number of aliphatic imine (C=N–C) groups is 1. The van der Waals surface area contributed by atoms with Crippen LogP contribution < -0.4 is 5.32 Å². The van der Waals surface area contributed by atoms with Crippen molar-refractivity contribution >= 4 is 5.96 Å². The van der Waals surface area contributed by atoms with Crippen LogP contribution in [0.4, 0.5) is 0 Å². The normalized spacial score (nSPS) is 27.5. The molecule has 1 aromatic rings. The summed E-state index contributed by atoms with van der Waals surface area (Å²) in [5, 5.41) is 3.70. The van der Waals surface area contributed by atoms with Crippen LogP contribution in [0.5, 0.6) is 0 Å². The highest BCUT2D eigenvalue weighted by Crippen LogP contribution is 2.40. The van der Waals surface area contributed by atoms with Crippen LogP contribution in [0, 0.1) is 11.3 Å². The number of rotatable bonds is 4. The molecule has 24 heavy (non-hydrogen) atoms. The number of hydrogen-bond acceptors (Lipinski definition) is 2. The Labute approximate surface area is 146 Å². The van der Waals surface area contributed by atoms with Crippen molar-refractivity contribution in [3.05, 3.63) is 18.7 Å². The molecule has 1 aliphatic heterocycles. The minimum atomic E-state index is 0.478. The lowest BCUT2D eigenvalue weighted by molar-refractivity contribution is 0.186. The lowest BCUT2D eigenvalue weighted by Crippen LogP contribution is -2.50. The number of aromatic nitrogens is 2. The maximum atomic E-state index is 4.59. The average Bonchev–Trinajstić information content (AvgIpc) is 3.29. The Morgan fingerprint density at radius 3 is 2.79 bits per heavy atom. The fourth-order valence-corrected chi connectivity index (χ4v) is 4.47. The molecule has 0 aromatic carbocycles. The van der Waals surface area contributed by atoms with Crippen molar-refractivity contribution in [3.8, 4) is 0 Å². The minimum absolute atomic E-state index is 0.478. The van der Waals surface area contributed by atoms with Crippen molar-refractivity contribution in [2.24, 2.45) is 16.3 Å². The van der Waals surface area contributed by atoms with Gasteiger partial charge in [-0.15, -0.1) is 0 Å². The molecule has 0 spiro atoms. The molecule has 0 radical (unpaired) electrons. The molecule has 1 aliphatic carbocycles. The highest BCUT2D eigenvalue weighted by Gasteiger charge is 2.33. The summed E-state index contributed by atoms with van der Waals surface area (Å²) < 4.78 is 2.26. The predicted octanol–water partition coefficient (Wildman–Crippen LogP) is 3.31. The summed E-state index contributed by atoms with van der Waals surface area (Å²) in [4.78, 5) is 11.2. The molecule has 0 amide bonds. The van der Waals surface area contributed by atoms with Crippen LogP contribution in [0.15, 0.2) is 23.7 Å². The molecule has 2 aliphatic rings. The predicted molar refractivity (Wildman–Crippen MR) is 99.2 cm³/mol. The van der Waals surface area contributed by atoms with E-state index >= 15 is 0 Å². The first-order valence-corrected chi connectivity index (χ1v) is 9.60. The summed E-state index contributed by atoms with van der Waals surface area (Å²) in [6.07, 6.45) is 13.9. The van der Waals surface area contributed by atoms with Gasteiger partial charge in [0.25, 0.3) is 0 Å². The van der Waals surface area contributed by atoms with Crippen molar-refractivity contribution in [2.75, 3.05) is 26.7 Å². The number of hydrogen-bond donors (Lipinski definition) is 1. The van der Waals surface area contributed by atoms with E-state index < -0.39 is 0 Å². The number of imidazole rings is 1. The Balaban J connectivity index is 1.63. The highest BCUT2D eigenvalue weighted by atomic mass is 15.3. The third-order valence-electron chi connectivity index (χ3n) is 6.37. The number of likely N-dealkylation sites (tertiary alicyclic amines) is 1. The molecule has 5 heteroatoms. The Morgan fingerprint density at radius 2 is 2.17 bits per heavy atom. The first kappa shape index (κ1) is 17.3. The molecule has 2 atom stereocenters. The Morgan fingerprint density at radius 1 is 1.38 bits per heavy atom. The second-order valence-corrected chi connectivity index (χ2v) is 7.75. The standard InChI is InChI=1S/C19H33N5/c1-4-19(8-5-6-9-19)14-22-18(20-3)23-11-7-16(2)17(13-23)24-12-10-21-15-24/h10,12,15-17H,4-9,11,13-14H2,1-3H3,(H,20,22). The van der Waals surface area contributed by atoms with Gasteiger partial charge in [-0.25, -0.2) is 4.98 Å². The average molecular weight is 332 g/mol. The van der Waals surface area contributed by atoms with Crippen molar-refractivity contribution < 1.29 is 0 Å². The van der Waals surface area contributed by atoms with Crippen molar-refractivity contribution in [1.29, 1.82) is 0 Å². The third-order valence-corrected chi connectivity index (χ3v) is 6.37. The Kier molecular flexibility index (Phi) is 5.47. The first-order chi connectivity index (χ1) is 11.7. The van der Waals surface area contributed by atoms with Crippen molar-refractivity contribution in [2.45, 2.75) is 58.4 Å². The van der Waals surface area contributed by atoms with Gasteiger partial charge in [-0.2, -0.15) is 0 Å². The molecule has 5 nitrogen and oxygen atoms in total. The maximum absolute atomic E-state index is 4.59. The lowest BCUT2D eigenvalue weighted by atomic mass is 9.83. The van der Waals surface area contributed by atoms with E-state index in [1.807, 2.05) is 19.6 Å². The van der Waals surface area contributed by atoms with E-state index in [1.54, 1.807) is 0 Å². The van der Waals surface area contributed by atoms with Gasteiger partial charge in [0.1, 0.15) is 0 Å². The first-order valence-electron chi connectivity index (χ1n) is 9.60. The molecular weight excluding hydrogens is 298 g/mol. The number of nitrogens with zero attached hydrogens (tertiary/aromatic N) is 4. The maximum Gasteiger partial charge on any atom is 0.193 e. The molecule has 2 fully saturated rings. The van der Waals surface area contributed by atoms with Gasteiger partial charge in [0.2, 0.25) is 0 Å². The third kappa shape index (κ3) is 3.60. The molecule has 134 valence electrons. The molecule has 1 saturated carbocycles. The SMILES string of the molecule is CCC1(CNC(=NC)N2CCC(C)C(n3ccnc3)C2)CCCC1. The summed E-state index contributed by atoms with van der Waals surface area (Å²) in [7, 11) is 1.92. The summed E-state index contributed by atoms with van der Waals surface area (Å²) in [6.45, 7) is 7.86. The fraction of sp³-hybridized carbons (Fsp3) is 0.789. The zero-order chi connectivity index (χ0) is 17.0. The van der Waals surface area contributed by atoms with Crippen LogP contribution in [-0.4, -0.2) is 47.1 Å². The van der Waals surface area contributed by atoms with Crippen LogP contribution in [0.1, 0.15) is 58.4 Å². The van der Waals surface area contributed by atoms with Gasteiger partial charge in [0.05, 0.1) is 12.4 Å². The highest BCUT2D eigenvalue weighted by molar-refractivity contribution is 5.80. The summed E-state index contributed by atoms with van der Waals surface area (Å²) in [5.41, 5.74) is 0.489. The van der Waals surface area contributed by atoms with Gasteiger partial charge in [-0.05, 0) is 37.0 Å². The smallest absolute Gasteiger partial charge is 0.193 e. The number of guanidine groups is 1. The van der Waals surface area contributed by atoms with E-state index in [1.165, 1.54) is 38.5 Å². The quantitative estimate of drug-likeness (QED) is 0.680. The number of nitrogens with one attached hydrogen (secondary N) is 1. The van der Waals surface area contributed by atoms with Gasteiger partial charge in [-0.3, -0.25) is 4.99 Å². The summed E-state index contributed by atoms with van der Waals surface area (Å²) in [5.74, 6) is 1.75. The minimum Gasteiger partial charge on any atom is -0.356 e. The lowest BCUT2D eigenvalue weighted by Gasteiger charge is -2.40. The van der Waals surface area contributed by atoms with Gasteiger partial charge in [0, 0.05) is 39.1 Å². The molecule has 1 aromatic heterocycles.